The maximum absolute atomic E-state index is 6.48. The van der Waals surface area contributed by atoms with Crippen molar-refractivity contribution in [1.29, 1.82) is 5.41 Å². The molecule has 0 rings (SSSR count). The Hall–Kier alpha value is -0.855. The molecular weight excluding hydrogens is 86.9 g/mol. The fraction of sp³-hybridized carbons (Fsp3) is 0. The van der Waals surface area contributed by atoms with E-state index in [1.807, 2.05) is 0 Å². The summed E-state index contributed by atoms with van der Waals surface area (Å²) >= 11 is 0. The minimum atomic E-state index is 0.412. The topological polar surface area (TPSA) is 49.9 Å². The van der Waals surface area contributed by atoms with E-state index >= 15 is 0 Å². The molecule has 2 nitrogen and oxygen atoms in total. The molecule has 0 heterocycles. The monoisotopic (exact) mass is 93.1 g/mol. The average molecular weight is 92.9 g/mol. The number of hydrogen-bond acceptors (Lipinski definition) is 2. The summed E-state index contributed by atoms with van der Waals surface area (Å²) in [5.41, 5.74) is 5.52. The van der Waals surface area contributed by atoms with E-state index in [0.29, 0.717) is 5.70 Å². The van der Waals surface area contributed by atoms with Crippen molar-refractivity contribution in [2.45, 2.75) is 0 Å². The second-order valence-corrected chi connectivity index (χ2v) is 1.00. The van der Waals surface area contributed by atoms with Gasteiger partial charge in [0.05, 0.1) is 0 Å². The Bertz CT molecular complexity index is 106. The zero-order valence-electron chi connectivity index (χ0n) is 3.89. The van der Waals surface area contributed by atoms with Crippen molar-refractivity contribution in [2.75, 3.05) is 0 Å². The normalized spacial score (nSPS) is 10.4. The Morgan fingerprint density at radius 1 is 1.71 bits per heavy atom. The fourth-order valence-corrected chi connectivity index (χ4v) is 0.152. The molecule has 0 saturated carbocycles. The zero-order valence-corrected chi connectivity index (χ0v) is 3.89. The van der Waals surface area contributed by atoms with Gasteiger partial charge in [0, 0.05) is 0 Å². The molecule has 0 aromatic rings. The van der Waals surface area contributed by atoms with Gasteiger partial charge in [-0.2, -0.15) is 0 Å². The Labute approximate surface area is 43.6 Å². The summed E-state index contributed by atoms with van der Waals surface area (Å²) in [6.07, 6.45) is 2.48. The van der Waals surface area contributed by atoms with Gasteiger partial charge in [0.1, 0.15) is 0 Å². The van der Waals surface area contributed by atoms with E-state index in [0.717, 1.165) is 6.21 Å². The predicted octanol–water partition coefficient (Wildman–Crippen LogP) is -0.551. The number of allylic oxidation sites excluding steroid dienone is 2. The molecule has 0 aromatic carbocycles. The van der Waals surface area contributed by atoms with Crippen LogP contribution in [0.4, 0.5) is 0 Å². The molecule has 1 radical (unpaired) electrons. The molecule has 3 heteroatoms. The van der Waals surface area contributed by atoms with Gasteiger partial charge in [0.25, 0.3) is 0 Å². The van der Waals surface area contributed by atoms with Crippen LogP contribution in [0.3, 0.4) is 0 Å². The van der Waals surface area contributed by atoms with Gasteiger partial charge in [0.15, 0.2) is 0 Å². The Morgan fingerprint density at radius 3 is 2.43 bits per heavy atom. The molecule has 0 saturated heterocycles. The van der Waals surface area contributed by atoms with Crippen LogP contribution in [0.5, 0.6) is 0 Å². The van der Waals surface area contributed by atoms with E-state index in [9.17, 15) is 0 Å². The van der Waals surface area contributed by atoms with Gasteiger partial charge in [0.2, 0.25) is 0 Å². The van der Waals surface area contributed by atoms with Crippen molar-refractivity contribution >= 4 is 19.7 Å². The Morgan fingerprint density at radius 2 is 2.29 bits per heavy atom. The molecule has 0 aromatic heterocycles. The number of nitrogens with two attached hydrogens (primary N) is 1. The van der Waals surface area contributed by atoms with Crippen LogP contribution < -0.4 is 5.73 Å². The van der Waals surface area contributed by atoms with Crippen molar-refractivity contribution in [3.63, 3.8) is 0 Å². The summed E-state index contributed by atoms with van der Waals surface area (Å²) in [6, 6.07) is 0. The molecule has 0 atom stereocenters. The van der Waals surface area contributed by atoms with Crippen molar-refractivity contribution < 1.29 is 0 Å². The Balaban J connectivity index is 3.72. The first-order chi connectivity index (χ1) is 3.31. The molecule has 35 valence electrons. The van der Waals surface area contributed by atoms with Gasteiger partial charge in [-0.3, -0.25) is 0 Å². The van der Waals surface area contributed by atoms with Crippen LogP contribution in [-0.2, 0) is 0 Å². The van der Waals surface area contributed by atoms with E-state index in [1.54, 1.807) is 0 Å². The second kappa shape index (κ2) is 3.34. The van der Waals surface area contributed by atoms with Crippen molar-refractivity contribution in [3.05, 3.63) is 11.8 Å². The first-order valence-corrected chi connectivity index (χ1v) is 1.82. The molecule has 0 aliphatic heterocycles. The first kappa shape index (κ1) is 6.14. The molecule has 0 bridgehead atoms. The fourth-order valence-electron chi connectivity index (χ4n) is 0.152. The van der Waals surface area contributed by atoms with Crippen molar-refractivity contribution in [1.82, 2.24) is 0 Å². The molecular formula is C4H6BN2. The summed E-state index contributed by atoms with van der Waals surface area (Å²) in [5.74, 6) is 1.24. The van der Waals surface area contributed by atoms with Crippen LogP contribution >= 0.6 is 0 Å². The molecule has 7 heavy (non-hydrogen) atoms. The van der Waals surface area contributed by atoms with Crippen LogP contribution in [0, 0.1) is 5.41 Å². The van der Waals surface area contributed by atoms with Crippen molar-refractivity contribution in [2.24, 2.45) is 5.73 Å². The van der Waals surface area contributed by atoms with E-state index in [2.05, 4.69) is 0 Å². The number of rotatable bonds is 2. The third-order valence-electron chi connectivity index (χ3n) is 0.468. The number of nitrogens with one attached hydrogen (secondary N) is 1. The van der Waals surface area contributed by atoms with Gasteiger partial charge in [-0.15, -0.1) is 0 Å². The third kappa shape index (κ3) is 2.96. The summed E-state index contributed by atoms with van der Waals surface area (Å²) in [5, 5.41) is 6.48. The van der Waals surface area contributed by atoms with Crippen LogP contribution in [-0.4, -0.2) is 19.7 Å². The first-order valence-electron chi connectivity index (χ1n) is 1.82. The van der Waals surface area contributed by atoms with Crippen LogP contribution in [0.25, 0.3) is 0 Å². The predicted molar refractivity (Wildman–Crippen MR) is 32.9 cm³/mol. The summed E-state index contributed by atoms with van der Waals surface area (Å²) in [4.78, 5) is 0. The van der Waals surface area contributed by atoms with E-state index in [4.69, 9.17) is 18.6 Å². The van der Waals surface area contributed by atoms with Crippen LogP contribution in [0.15, 0.2) is 11.8 Å². The quantitative estimate of drug-likeness (QED) is 0.349. The molecule has 0 spiro atoms. The minimum absolute atomic E-state index is 0.412. The molecule has 3 N–H and O–H groups in total. The van der Waals surface area contributed by atoms with E-state index in [-0.39, 0.29) is 0 Å². The number of hydrogen-bond donors (Lipinski definition) is 2. The van der Waals surface area contributed by atoms with Crippen LogP contribution in [0.2, 0.25) is 0 Å². The third-order valence-corrected chi connectivity index (χ3v) is 0.468. The van der Waals surface area contributed by atoms with E-state index in [1.165, 1.54) is 12.0 Å². The summed E-state index contributed by atoms with van der Waals surface area (Å²) in [6.45, 7) is 0. The second-order valence-electron chi connectivity index (χ2n) is 1.00. The summed E-state index contributed by atoms with van der Waals surface area (Å²) < 4.78 is 0. The van der Waals surface area contributed by atoms with Gasteiger partial charge in [-0.25, -0.2) is 0 Å². The maximum atomic E-state index is 6.48. The standard InChI is InChI=1S/C4H6BN2/c5-3-4(7)1-2-6/h1-3,6H,7H2. The summed E-state index contributed by atoms with van der Waals surface area (Å²) in [7, 11) is 4.94. The van der Waals surface area contributed by atoms with Gasteiger partial charge < -0.3 is 0 Å². The SMILES string of the molecule is [B]=CC(N)=CC=N. The van der Waals surface area contributed by atoms with E-state index < -0.39 is 0 Å². The molecule has 0 aliphatic carbocycles. The van der Waals surface area contributed by atoms with Crippen LogP contribution in [0.1, 0.15) is 0 Å². The van der Waals surface area contributed by atoms with Gasteiger partial charge >= 0.3 is 42.6 Å². The average Bonchev–Trinajstić information content (AvgIpc) is 1.68. The zero-order chi connectivity index (χ0) is 5.70. The van der Waals surface area contributed by atoms with Gasteiger partial charge in [-0.1, -0.05) is 0 Å². The molecule has 0 fully saturated rings. The molecule has 0 amide bonds. The molecule has 0 unspecified atom stereocenters. The van der Waals surface area contributed by atoms with Gasteiger partial charge in [-0.05, 0) is 0 Å². The molecule has 0 aliphatic rings. The Kier molecular flexibility index (Phi) is 2.93. The van der Waals surface area contributed by atoms with Crippen molar-refractivity contribution in [3.8, 4) is 0 Å².